The second kappa shape index (κ2) is 4.00. The van der Waals surface area contributed by atoms with Crippen molar-refractivity contribution < 1.29 is 0 Å². The van der Waals surface area contributed by atoms with Gasteiger partial charge in [0.05, 0.1) is 5.69 Å². The van der Waals surface area contributed by atoms with Gasteiger partial charge in [0, 0.05) is 39.0 Å². The van der Waals surface area contributed by atoms with Gasteiger partial charge < -0.3 is 10.2 Å². The molecule has 0 bridgehead atoms. The molecule has 1 unspecified atom stereocenters. The first-order valence-corrected chi connectivity index (χ1v) is 5.98. The highest BCUT2D eigenvalue weighted by molar-refractivity contribution is 5.68. The molecule has 1 fully saturated rings. The molecule has 1 N–H and O–H groups in total. The number of anilines is 1. The lowest BCUT2D eigenvalue weighted by Crippen LogP contribution is -2.11. The summed E-state index contributed by atoms with van der Waals surface area (Å²) in [6, 6.07) is 2.17. The lowest BCUT2D eigenvalue weighted by molar-refractivity contribution is 0.718. The summed E-state index contributed by atoms with van der Waals surface area (Å²) in [5.41, 5.74) is 2.26. The van der Waals surface area contributed by atoms with Crippen molar-refractivity contribution >= 4 is 11.3 Å². The van der Waals surface area contributed by atoms with Crippen LogP contribution in [-0.4, -0.2) is 41.8 Å². The summed E-state index contributed by atoms with van der Waals surface area (Å²) < 4.78 is 1.93. The largest absolute Gasteiger partial charge is 0.361 e. The van der Waals surface area contributed by atoms with E-state index in [1.54, 1.807) is 6.20 Å². The van der Waals surface area contributed by atoms with Gasteiger partial charge in [0.1, 0.15) is 5.52 Å². The van der Waals surface area contributed by atoms with Crippen LogP contribution in [-0.2, 0) is 0 Å². The number of aromatic nitrogens is 3. The summed E-state index contributed by atoms with van der Waals surface area (Å²) in [5.74, 6) is 1.52. The minimum atomic E-state index is 0.546. The highest BCUT2D eigenvalue weighted by atomic mass is 15.3. The standard InChI is InChI=1S/C12H17N5/c1-16(2)12-11-7-10(9-3-4-13-8-9)15-17(11)6-5-14-12/h5-7,9,13H,3-4,8H2,1-2H3. The van der Waals surface area contributed by atoms with Crippen LogP contribution in [0.1, 0.15) is 18.0 Å². The Kier molecular flexibility index (Phi) is 2.48. The van der Waals surface area contributed by atoms with Crippen LogP contribution in [0.5, 0.6) is 0 Å². The maximum absolute atomic E-state index is 4.65. The summed E-state index contributed by atoms with van der Waals surface area (Å²) in [7, 11) is 4.01. The van der Waals surface area contributed by atoms with Crippen LogP contribution in [0.25, 0.3) is 5.52 Å². The average molecular weight is 231 g/mol. The smallest absolute Gasteiger partial charge is 0.154 e. The van der Waals surface area contributed by atoms with Gasteiger partial charge in [-0.05, 0) is 19.0 Å². The van der Waals surface area contributed by atoms with Gasteiger partial charge in [0.15, 0.2) is 5.82 Å². The lowest BCUT2D eigenvalue weighted by Gasteiger charge is -2.11. The van der Waals surface area contributed by atoms with Crippen molar-refractivity contribution in [3.63, 3.8) is 0 Å². The van der Waals surface area contributed by atoms with E-state index in [4.69, 9.17) is 0 Å². The maximum atomic E-state index is 4.65. The molecule has 3 rings (SSSR count). The quantitative estimate of drug-likeness (QED) is 0.833. The van der Waals surface area contributed by atoms with Crippen molar-refractivity contribution in [2.45, 2.75) is 12.3 Å². The van der Waals surface area contributed by atoms with Gasteiger partial charge in [0.2, 0.25) is 0 Å². The molecule has 5 nitrogen and oxygen atoms in total. The Morgan fingerprint density at radius 1 is 1.47 bits per heavy atom. The topological polar surface area (TPSA) is 45.5 Å². The molecule has 0 saturated carbocycles. The van der Waals surface area contributed by atoms with Crippen LogP contribution >= 0.6 is 0 Å². The summed E-state index contributed by atoms with van der Waals surface area (Å²) in [6.07, 6.45) is 4.88. The molecule has 0 amide bonds. The normalized spacial score (nSPS) is 20.0. The fourth-order valence-corrected chi connectivity index (χ4v) is 2.38. The molecular formula is C12H17N5. The molecule has 0 radical (unpaired) electrons. The van der Waals surface area contributed by atoms with E-state index < -0.39 is 0 Å². The lowest BCUT2D eigenvalue weighted by atomic mass is 10.1. The van der Waals surface area contributed by atoms with E-state index in [0.29, 0.717) is 5.92 Å². The van der Waals surface area contributed by atoms with Gasteiger partial charge in [-0.1, -0.05) is 0 Å². The predicted molar refractivity (Wildman–Crippen MR) is 67.5 cm³/mol. The Bertz CT molecular complexity index is 525. The third kappa shape index (κ3) is 1.76. The summed E-state index contributed by atoms with van der Waals surface area (Å²) in [5, 5.41) is 8.03. The van der Waals surface area contributed by atoms with Crippen LogP contribution in [0, 0.1) is 0 Å². The van der Waals surface area contributed by atoms with E-state index >= 15 is 0 Å². The molecule has 3 heterocycles. The average Bonchev–Trinajstić information content (AvgIpc) is 2.96. The van der Waals surface area contributed by atoms with Crippen molar-refractivity contribution in [1.29, 1.82) is 0 Å². The molecule has 1 saturated heterocycles. The number of hydrogen-bond acceptors (Lipinski definition) is 4. The zero-order chi connectivity index (χ0) is 11.8. The first-order chi connectivity index (χ1) is 8.25. The first kappa shape index (κ1) is 10.5. The van der Waals surface area contributed by atoms with Crippen molar-refractivity contribution in [2.24, 2.45) is 0 Å². The van der Waals surface area contributed by atoms with E-state index in [1.807, 2.05) is 29.7 Å². The minimum Gasteiger partial charge on any atom is -0.361 e. The maximum Gasteiger partial charge on any atom is 0.154 e. The SMILES string of the molecule is CN(C)c1nccn2nc(C3CCNC3)cc12. The summed E-state index contributed by atoms with van der Waals surface area (Å²) in [4.78, 5) is 6.42. The highest BCUT2D eigenvalue weighted by Crippen LogP contribution is 2.25. The predicted octanol–water partition coefficient (Wildman–Crippen LogP) is 0.872. The van der Waals surface area contributed by atoms with Crippen molar-refractivity contribution in [3.05, 3.63) is 24.2 Å². The number of rotatable bonds is 2. The van der Waals surface area contributed by atoms with Crippen LogP contribution in [0.2, 0.25) is 0 Å². The number of fused-ring (bicyclic) bond motifs is 1. The van der Waals surface area contributed by atoms with Crippen LogP contribution in [0.4, 0.5) is 5.82 Å². The molecule has 0 aliphatic carbocycles. The van der Waals surface area contributed by atoms with Crippen molar-refractivity contribution in [1.82, 2.24) is 19.9 Å². The van der Waals surface area contributed by atoms with Crippen LogP contribution in [0.15, 0.2) is 18.5 Å². The molecule has 17 heavy (non-hydrogen) atoms. The molecule has 2 aromatic heterocycles. The van der Waals surface area contributed by atoms with Crippen LogP contribution < -0.4 is 10.2 Å². The molecule has 5 heteroatoms. The Morgan fingerprint density at radius 2 is 2.35 bits per heavy atom. The second-order valence-corrected chi connectivity index (χ2v) is 4.73. The number of hydrogen-bond donors (Lipinski definition) is 1. The molecule has 0 aromatic carbocycles. The Hall–Kier alpha value is -1.62. The van der Waals surface area contributed by atoms with Crippen molar-refractivity contribution in [2.75, 3.05) is 32.1 Å². The number of nitrogens with zero attached hydrogens (tertiary/aromatic N) is 4. The Balaban J connectivity index is 2.08. The van der Waals surface area contributed by atoms with Gasteiger partial charge in [-0.15, -0.1) is 0 Å². The van der Waals surface area contributed by atoms with Gasteiger partial charge in [-0.3, -0.25) is 0 Å². The van der Waals surface area contributed by atoms with E-state index in [-0.39, 0.29) is 0 Å². The first-order valence-electron chi connectivity index (χ1n) is 5.98. The zero-order valence-electron chi connectivity index (χ0n) is 10.2. The second-order valence-electron chi connectivity index (χ2n) is 4.73. The van der Waals surface area contributed by atoms with Gasteiger partial charge >= 0.3 is 0 Å². The van der Waals surface area contributed by atoms with E-state index in [9.17, 15) is 0 Å². The van der Waals surface area contributed by atoms with Gasteiger partial charge in [-0.2, -0.15) is 5.10 Å². The third-order valence-corrected chi connectivity index (χ3v) is 3.29. The fraction of sp³-hybridized carbons (Fsp3) is 0.500. The molecule has 1 aliphatic rings. The molecular weight excluding hydrogens is 214 g/mol. The monoisotopic (exact) mass is 231 g/mol. The molecule has 1 aliphatic heterocycles. The van der Waals surface area contributed by atoms with E-state index in [1.165, 1.54) is 12.1 Å². The van der Waals surface area contributed by atoms with Crippen molar-refractivity contribution in [3.8, 4) is 0 Å². The minimum absolute atomic E-state index is 0.546. The molecule has 90 valence electrons. The Morgan fingerprint density at radius 3 is 3.06 bits per heavy atom. The van der Waals surface area contributed by atoms with E-state index in [2.05, 4.69) is 21.5 Å². The summed E-state index contributed by atoms with van der Waals surface area (Å²) in [6.45, 7) is 2.13. The Labute approximate surface area is 100 Å². The van der Waals surface area contributed by atoms with Crippen LogP contribution in [0.3, 0.4) is 0 Å². The third-order valence-electron chi connectivity index (χ3n) is 3.29. The zero-order valence-corrected chi connectivity index (χ0v) is 10.2. The molecule has 1 atom stereocenters. The van der Waals surface area contributed by atoms with Gasteiger partial charge in [-0.25, -0.2) is 9.50 Å². The van der Waals surface area contributed by atoms with Gasteiger partial charge in [0.25, 0.3) is 0 Å². The summed E-state index contributed by atoms with van der Waals surface area (Å²) >= 11 is 0. The number of nitrogens with one attached hydrogen (secondary N) is 1. The highest BCUT2D eigenvalue weighted by Gasteiger charge is 2.20. The molecule has 0 spiro atoms. The fourth-order valence-electron chi connectivity index (χ4n) is 2.38. The van der Waals surface area contributed by atoms with E-state index in [0.717, 1.165) is 24.4 Å². The molecule has 2 aromatic rings.